The topological polar surface area (TPSA) is 81.0 Å². The second kappa shape index (κ2) is 5.90. The van der Waals surface area contributed by atoms with Crippen molar-refractivity contribution < 1.29 is 4.92 Å². The van der Waals surface area contributed by atoms with Crippen LogP contribution in [-0.2, 0) is 13.0 Å². The summed E-state index contributed by atoms with van der Waals surface area (Å²) in [6.45, 7) is 2.65. The van der Waals surface area contributed by atoms with E-state index in [1.54, 1.807) is 12.3 Å². The molecular formula is C13H14N4O2. The Morgan fingerprint density at radius 1 is 1.32 bits per heavy atom. The van der Waals surface area contributed by atoms with E-state index in [9.17, 15) is 10.1 Å². The Hall–Kier alpha value is -2.50. The molecule has 0 aromatic carbocycles. The fraction of sp³-hybridized carbons (Fsp3) is 0.231. The standard InChI is InChI=1S/C13H14N4O2/c1-2-10-4-3-7-14-12(10)9-15-11-5-6-13(16-8-11)17(18)19/h3-8,15H,2,9H2,1H3. The molecule has 6 heteroatoms. The smallest absolute Gasteiger partial charge is 0.363 e. The fourth-order valence-corrected chi connectivity index (χ4v) is 1.74. The van der Waals surface area contributed by atoms with Crippen LogP contribution in [0, 0.1) is 10.1 Å². The van der Waals surface area contributed by atoms with Gasteiger partial charge in [0.15, 0.2) is 6.20 Å². The minimum Gasteiger partial charge on any atom is -0.376 e. The van der Waals surface area contributed by atoms with Gasteiger partial charge >= 0.3 is 5.82 Å². The molecule has 0 radical (unpaired) electrons. The first-order valence-corrected chi connectivity index (χ1v) is 5.97. The van der Waals surface area contributed by atoms with E-state index in [0.717, 1.165) is 17.8 Å². The normalized spacial score (nSPS) is 10.2. The summed E-state index contributed by atoms with van der Waals surface area (Å²) in [7, 11) is 0. The van der Waals surface area contributed by atoms with E-state index in [4.69, 9.17) is 0 Å². The summed E-state index contributed by atoms with van der Waals surface area (Å²) in [5.41, 5.74) is 2.89. The van der Waals surface area contributed by atoms with Gasteiger partial charge in [-0.3, -0.25) is 4.98 Å². The summed E-state index contributed by atoms with van der Waals surface area (Å²) in [5.74, 6) is -0.155. The number of hydrogen-bond acceptors (Lipinski definition) is 5. The van der Waals surface area contributed by atoms with E-state index in [1.807, 2.05) is 12.1 Å². The number of anilines is 1. The summed E-state index contributed by atoms with van der Waals surface area (Å²) in [4.78, 5) is 18.0. The largest absolute Gasteiger partial charge is 0.376 e. The Balaban J connectivity index is 2.04. The lowest BCUT2D eigenvalue weighted by Gasteiger charge is -2.08. The molecule has 0 fully saturated rings. The number of pyridine rings is 2. The first-order chi connectivity index (χ1) is 9.20. The van der Waals surface area contributed by atoms with Crippen LogP contribution >= 0.6 is 0 Å². The first-order valence-electron chi connectivity index (χ1n) is 5.97. The molecule has 0 atom stereocenters. The van der Waals surface area contributed by atoms with Gasteiger partial charge in [-0.2, -0.15) is 0 Å². The van der Waals surface area contributed by atoms with Crippen molar-refractivity contribution in [1.82, 2.24) is 9.97 Å². The van der Waals surface area contributed by atoms with Gasteiger partial charge in [-0.05, 0) is 34.0 Å². The average Bonchev–Trinajstić information content (AvgIpc) is 2.45. The third-order valence-electron chi connectivity index (χ3n) is 2.76. The van der Waals surface area contributed by atoms with Crippen LogP contribution in [0.5, 0.6) is 0 Å². The summed E-state index contributed by atoms with van der Waals surface area (Å²) >= 11 is 0. The lowest BCUT2D eigenvalue weighted by molar-refractivity contribution is -0.389. The molecule has 0 spiro atoms. The minimum atomic E-state index is -0.516. The molecule has 2 aromatic heterocycles. The van der Waals surface area contributed by atoms with E-state index in [1.165, 1.54) is 17.8 Å². The van der Waals surface area contributed by atoms with Crippen molar-refractivity contribution in [3.05, 3.63) is 58.0 Å². The molecule has 0 saturated heterocycles. The number of aryl methyl sites for hydroxylation is 1. The summed E-state index contributed by atoms with van der Waals surface area (Å²) < 4.78 is 0. The Labute approximate surface area is 110 Å². The zero-order valence-electron chi connectivity index (χ0n) is 10.5. The molecule has 0 unspecified atom stereocenters. The maximum atomic E-state index is 10.5. The molecule has 19 heavy (non-hydrogen) atoms. The van der Waals surface area contributed by atoms with Crippen LogP contribution in [0.4, 0.5) is 11.5 Å². The van der Waals surface area contributed by atoms with Gasteiger partial charge in [-0.1, -0.05) is 13.0 Å². The van der Waals surface area contributed by atoms with E-state index in [0.29, 0.717) is 6.54 Å². The Morgan fingerprint density at radius 3 is 2.79 bits per heavy atom. The third-order valence-corrected chi connectivity index (χ3v) is 2.76. The van der Waals surface area contributed by atoms with Gasteiger partial charge in [0, 0.05) is 12.3 Å². The van der Waals surface area contributed by atoms with Crippen molar-refractivity contribution in [2.45, 2.75) is 19.9 Å². The van der Waals surface area contributed by atoms with Crippen molar-refractivity contribution >= 4 is 11.5 Å². The van der Waals surface area contributed by atoms with Crippen molar-refractivity contribution in [2.75, 3.05) is 5.32 Å². The Kier molecular flexibility index (Phi) is 4.02. The molecule has 0 bridgehead atoms. The first kappa shape index (κ1) is 12.9. The molecule has 0 aliphatic carbocycles. The molecule has 0 saturated carbocycles. The third kappa shape index (κ3) is 3.25. The van der Waals surface area contributed by atoms with Crippen molar-refractivity contribution in [1.29, 1.82) is 0 Å². The van der Waals surface area contributed by atoms with Gasteiger partial charge < -0.3 is 15.4 Å². The lowest BCUT2D eigenvalue weighted by Crippen LogP contribution is -2.05. The Morgan fingerprint density at radius 2 is 2.16 bits per heavy atom. The van der Waals surface area contributed by atoms with Gasteiger partial charge in [-0.25, -0.2) is 0 Å². The lowest BCUT2D eigenvalue weighted by atomic mass is 10.1. The maximum Gasteiger partial charge on any atom is 0.363 e. The fourth-order valence-electron chi connectivity index (χ4n) is 1.74. The molecule has 2 heterocycles. The second-order valence-electron chi connectivity index (χ2n) is 3.98. The highest BCUT2D eigenvalue weighted by atomic mass is 16.6. The van der Waals surface area contributed by atoms with Gasteiger partial charge in [0.1, 0.15) is 0 Å². The predicted molar refractivity (Wildman–Crippen MR) is 71.8 cm³/mol. The zero-order valence-corrected chi connectivity index (χ0v) is 10.5. The van der Waals surface area contributed by atoms with Crippen LogP contribution in [0.1, 0.15) is 18.2 Å². The van der Waals surface area contributed by atoms with E-state index >= 15 is 0 Å². The number of aromatic nitrogens is 2. The van der Waals surface area contributed by atoms with E-state index in [2.05, 4.69) is 22.2 Å². The van der Waals surface area contributed by atoms with Crippen LogP contribution in [0.25, 0.3) is 0 Å². The van der Waals surface area contributed by atoms with E-state index < -0.39 is 4.92 Å². The molecule has 0 aliphatic rings. The summed E-state index contributed by atoms with van der Waals surface area (Å²) in [6.07, 6.45) is 4.13. The molecule has 2 rings (SSSR count). The number of nitrogens with one attached hydrogen (secondary N) is 1. The van der Waals surface area contributed by atoms with Gasteiger partial charge in [0.05, 0.1) is 17.9 Å². The highest BCUT2D eigenvalue weighted by Gasteiger charge is 2.06. The number of rotatable bonds is 5. The minimum absolute atomic E-state index is 0.155. The molecule has 98 valence electrons. The summed E-state index contributed by atoms with van der Waals surface area (Å²) in [6, 6.07) is 6.97. The molecule has 0 aliphatic heterocycles. The van der Waals surface area contributed by atoms with Crippen LogP contribution in [0.15, 0.2) is 36.7 Å². The Bertz CT molecular complexity index is 569. The highest BCUT2D eigenvalue weighted by Crippen LogP contribution is 2.13. The summed E-state index contributed by atoms with van der Waals surface area (Å²) in [5, 5.41) is 13.6. The van der Waals surface area contributed by atoms with Gasteiger partial charge in [0.25, 0.3) is 0 Å². The zero-order chi connectivity index (χ0) is 13.7. The number of hydrogen-bond donors (Lipinski definition) is 1. The van der Waals surface area contributed by atoms with Crippen molar-refractivity contribution in [3.8, 4) is 0 Å². The monoisotopic (exact) mass is 258 g/mol. The molecule has 6 nitrogen and oxygen atoms in total. The highest BCUT2D eigenvalue weighted by molar-refractivity contribution is 5.44. The molecular weight excluding hydrogens is 244 g/mol. The maximum absolute atomic E-state index is 10.5. The second-order valence-corrected chi connectivity index (χ2v) is 3.98. The van der Waals surface area contributed by atoms with Gasteiger partial charge in [-0.15, -0.1) is 0 Å². The SMILES string of the molecule is CCc1cccnc1CNc1ccc([N+](=O)[O-])nc1. The van der Waals surface area contributed by atoms with Crippen molar-refractivity contribution in [3.63, 3.8) is 0 Å². The molecule has 0 amide bonds. The molecule has 2 aromatic rings. The van der Waals surface area contributed by atoms with E-state index in [-0.39, 0.29) is 5.82 Å². The molecule has 1 N–H and O–H groups in total. The number of nitrogens with zero attached hydrogens (tertiary/aromatic N) is 3. The quantitative estimate of drug-likeness (QED) is 0.658. The van der Waals surface area contributed by atoms with Crippen LogP contribution in [0.3, 0.4) is 0 Å². The van der Waals surface area contributed by atoms with Crippen molar-refractivity contribution in [2.24, 2.45) is 0 Å². The average molecular weight is 258 g/mol. The van der Waals surface area contributed by atoms with Crippen LogP contribution in [-0.4, -0.2) is 14.9 Å². The predicted octanol–water partition coefficient (Wildman–Crippen LogP) is 2.56. The van der Waals surface area contributed by atoms with Gasteiger partial charge in [0.2, 0.25) is 0 Å². The van der Waals surface area contributed by atoms with Crippen LogP contribution < -0.4 is 5.32 Å². The number of nitro groups is 1. The van der Waals surface area contributed by atoms with Crippen LogP contribution in [0.2, 0.25) is 0 Å².